The van der Waals surface area contributed by atoms with Crippen LogP contribution in [0.15, 0.2) is 12.3 Å². The van der Waals surface area contributed by atoms with E-state index < -0.39 is 6.10 Å². The van der Waals surface area contributed by atoms with Gasteiger partial charge in [0, 0.05) is 25.3 Å². The minimum absolute atomic E-state index is 0.0491. The Morgan fingerprint density at radius 2 is 2.29 bits per heavy atom. The van der Waals surface area contributed by atoms with Crippen LogP contribution >= 0.6 is 0 Å². The summed E-state index contributed by atoms with van der Waals surface area (Å²) in [4.78, 5) is 13.9. The third-order valence-corrected chi connectivity index (χ3v) is 3.10. The summed E-state index contributed by atoms with van der Waals surface area (Å²) in [6, 6.07) is 1.89. The van der Waals surface area contributed by atoms with Crippen LogP contribution in [0.4, 0.5) is 5.69 Å². The maximum atomic E-state index is 12.3. The standard InChI is InChI=1S/C12H19N3O2/c1-8(2)15-6-9(13)5-11(15)12(17)14-4-3-10(16)7-14/h5-6,8,10,16H,3-4,7,13H2,1-2H3/t10-/m1/s1. The largest absolute Gasteiger partial charge is 0.397 e. The minimum Gasteiger partial charge on any atom is -0.397 e. The molecule has 0 aliphatic carbocycles. The number of nitrogens with zero attached hydrogens (tertiary/aromatic N) is 2. The first kappa shape index (κ1) is 12.0. The molecule has 5 heteroatoms. The molecule has 3 N–H and O–H groups in total. The number of amides is 1. The average molecular weight is 237 g/mol. The van der Waals surface area contributed by atoms with Crippen molar-refractivity contribution >= 4 is 11.6 Å². The number of nitrogen functional groups attached to an aromatic ring is 1. The molecule has 0 spiro atoms. The Morgan fingerprint density at radius 3 is 2.82 bits per heavy atom. The lowest BCUT2D eigenvalue weighted by Gasteiger charge is -2.18. The predicted molar refractivity (Wildman–Crippen MR) is 65.8 cm³/mol. The number of aliphatic hydroxyl groups excluding tert-OH is 1. The highest BCUT2D eigenvalue weighted by Crippen LogP contribution is 2.20. The summed E-state index contributed by atoms with van der Waals surface area (Å²) in [5.41, 5.74) is 6.94. The van der Waals surface area contributed by atoms with E-state index >= 15 is 0 Å². The van der Waals surface area contributed by atoms with Crippen LogP contribution in [0.5, 0.6) is 0 Å². The SMILES string of the molecule is CC(C)n1cc(N)cc1C(=O)N1CC[C@@H](O)C1. The van der Waals surface area contributed by atoms with Gasteiger partial charge in [-0.3, -0.25) is 4.79 Å². The fourth-order valence-electron chi connectivity index (χ4n) is 2.19. The van der Waals surface area contributed by atoms with Gasteiger partial charge in [0.2, 0.25) is 0 Å². The van der Waals surface area contributed by atoms with Gasteiger partial charge in [0.15, 0.2) is 0 Å². The van der Waals surface area contributed by atoms with Crippen LogP contribution in [-0.4, -0.2) is 39.7 Å². The van der Waals surface area contributed by atoms with Crippen molar-refractivity contribution in [2.24, 2.45) is 0 Å². The lowest BCUT2D eigenvalue weighted by molar-refractivity contribution is 0.0753. The summed E-state index contributed by atoms with van der Waals surface area (Å²) < 4.78 is 1.88. The van der Waals surface area contributed by atoms with Gasteiger partial charge >= 0.3 is 0 Å². The number of carbonyl (C=O) groups excluding carboxylic acids is 1. The Hall–Kier alpha value is -1.49. The van der Waals surface area contributed by atoms with Crippen molar-refractivity contribution in [3.8, 4) is 0 Å². The first-order chi connectivity index (χ1) is 7.99. The van der Waals surface area contributed by atoms with Gasteiger partial charge in [0.25, 0.3) is 5.91 Å². The van der Waals surface area contributed by atoms with Crippen molar-refractivity contribution in [2.75, 3.05) is 18.8 Å². The summed E-state index contributed by atoms with van der Waals surface area (Å²) in [7, 11) is 0. The van der Waals surface area contributed by atoms with Crippen molar-refractivity contribution in [3.63, 3.8) is 0 Å². The molecule has 5 nitrogen and oxygen atoms in total. The average Bonchev–Trinajstić information content (AvgIpc) is 2.83. The molecule has 0 saturated carbocycles. The molecule has 1 fully saturated rings. The topological polar surface area (TPSA) is 71.5 Å². The third kappa shape index (κ3) is 2.29. The second-order valence-corrected chi connectivity index (χ2v) is 4.85. The summed E-state index contributed by atoms with van der Waals surface area (Å²) >= 11 is 0. The number of β-amino-alcohol motifs (C(OH)–C–C–N with tert-alkyl or cyclic N) is 1. The summed E-state index contributed by atoms with van der Waals surface area (Å²) in [5, 5.41) is 9.45. The molecular weight excluding hydrogens is 218 g/mol. The van der Waals surface area contributed by atoms with E-state index in [0.29, 0.717) is 30.9 Å². The minimum atomic E-state index is -0.390. The zero-order chi connectivity index (χ0) is 12.6. The summed E-state index contributed by atoms with van der Waals surface area (Å²) in [5.74, 6) is -0.0491. The highest BCUT2D eigenvalue weighted by Gasteiger charge is 2.27. The second kappa shape index (κ2) is 4.41. The van der Waals surface area contributed by atoms with Gasteiger partial charge in [-0.15, -0.1) is 0 Å². The lowest BCUT2D eigenvalue weighted by Crippen LogP contribution is -2.31. The highest BCUT2D eigenvalue weighted by atomic mass is 16.3. The molecular formula is C12H19N3O2. The molecule has 17 heavy (non-hydrogen) atoms. The van der Waals surface area contributed by atoms with Crippen LogP contribution in [0, 0.1) is 0 Å². The third-order valence-electron chi connectivity index (χ3n) is 3.10. The number of anilines is 1. The van der Waals surface area contributed by atoms with E-state index in [-0.39, 0.29) is 11.9 Å². The van der Waals surface area contributed by atoms with Gasteiger partial charge in [0.1, 0.15) is 5.69 Å². The Morgan fingerprint density at radius 1 is 1.59 bits per heavy atom. The number of carbonyl (C=O) groups is 1. The maximum Gasteiger partial charge on any atom is 0.270 e. The van der Waals surface area contributed by atoms with Crippen molar-refractivity contribution in [1.29, 1.82) is 0 Å². The quantitative estimate of drug-likeness (QED) is 0.801. The number of aliphatic hydroxyl groups is 1. The molecule has 1 amide bonds. The van der Waals surface area contributed by atoms with Crippen LogP contribution < -0.4 is 5.73 Å². The molecule has 0 bridgehead atoms. The fourth-order valence-corrected chi connectivity index (χ4v) is 2.19. The van der Waals surface area contributed by atoms with E-state index in [1.807, 2.05) is 18.4 Å². The monoisotopic (exact) mass is 237 g/mol. The van der Waals surface area contributed by atoms with E-state index in [0.717, 1.165) is 0 Å². The molecule has 1 aliphatic heterocycles. The van der Waals surface area contributed by atoms with E-state index in [2.05, 4.69) is 0 Å². The zero-order valence-electron chi connectivity index (χ0n) is 10.3. The lowest BCUT2D eigenvalue weighted by atomic mass is 10.3. The van der Waals surface area contributed by atoms with Crippen molar-refractivity contribution < 1.29 is 9.90 Å². The van der Waals surface area contributed by atoms with Crippen molar-refractivity contribution in [2.45, 2.75) is 32.4 Å². The van der Waals surface area contributed by atoms with Crippen molar-refractivity contribution in [1.82, 2.24) is 9.47 Å². The first-order valence-corrected chi connectivity index (χ1v) is 5.93. The Balaban J connectivity index is 2.24. The number of aromatic nitrogens is 1. The van der Waals surface area contributed by atoms with Crippen LogP contribution in [0.2, 0.25) is 0 Å². The molecule has 1 aliphatic rings. The Kier molecular flexibility index (Phi) is 3.11. The molecule has 94 valence electrons. The molecule has 1 aromatic rings. The van der Waals surface area contributed by atoms with E-state index in [4.69, 9.17) is 5.73 Å². The predicted octanol–water partition coefficient (Wildman–Crippen LogP) is 0.858. The second-order valence-electron chi connectivity index (χ2n) is 4.85. The maximum absolute atomic E-state index is 12.3. The number of hydrogen-bond acceptors (Lipinski definition) is 3. The van der Waals surface area contributed by atoms with Crippen LogP contribution in [0.3, 0.4) is 0 Å². The summed E-state index contributed by atoms with van der Waals surface area (Å²) in [6.07, 6.45) is 2.05. The van der Waals surface area contributed by atoms with Crippen LogP contribution in [0.25, 0.3) is 0 Å². The molecule has 2 heterocycles. The van der Waals surface area contributed by atoms with Gasteiger partial charge in [-0.1, -0.05) is 0 Å². The van der Waals surface area contributed by atoms with Crippen LogP contribution in [-0.2, 0) is 0 Å². The smallest absolute Gasteiger partial charge is 0.270 e. The molecule has 0 unspecified atom stereocenters. The molecule has 1 saturated heterocycles. The molecule has 2 rings (SSSR count). The normalized spacial score (nSPS) is 20.2. The van der Waals surface area contributed by atoms with Crippen LogP contribution in [0.1, 0.15) is 36.8 Å². The number of likely N-dealkylation sites (tertiary alicyclic amines) is 1. The first-order valence-electron chi connectivity index (χ1n) is 5.93. The molecule has 0 aromatic carbocycles. The molecule has 1 atom stereocenters. The van der Waals surface area contributed by atoms with Gasteiger partial charge in [-0.25, -0.2) is 0 Å². The highest BCUT2D eigenvalue weighted by molar-refractivity contribution is 5.94. The number of hydrogen-bond donors (Lipinski definition) is 2. The van der Waals surface area contributed by atoms with Crippen molar-refractivity contribution in [3.05, 3.63) is 18.0 Å². The van der Waals surface area contributed by atoms with E-state index in [9.17, 15) is 9.90 Å². The Labute approximate surface area is 101 Å². The Bertz CT molecular complexity index is 425. The van der Waals surface area contributed by atoms with Gasteiger partial charge < -0.3 is 20.3 Å². The number of nitrogens with two attached hydrogens (primary N) is 1. The zero-order valence-corrected chi connectivity index (χ0v) is 10.3. The van der Waals surface area contributed by atoms with E-state index in [1.54, 1.807) is 17.2 Å². The van der Waals surface area contributed by atoms with E-state index in [1.165, 1.54) is 0 Å². The molecule has 1 aromatic heterocycles. The van der Waals surface area contributed by atoms with Gasteiger partial charge in [-0.05, 0) is 26.3 Å². The molecule has 0 radical (unpaired) electrons. The van der Waals surface area contributed by atoms with Gasteiger partial charge in [-0.2, -0.15) is 0 Å². The number of rotatable bonds is 2. The summed E-state index contributed by atoms with van der Waals surface area (Å²) in [6.45, 7) is 5.05. The fraction of sp³-hybridized carbons (Fsp3) is 0.583. The van der Waals surface area contributed by atoms with Gasteiger partial charge in [0.05, 0.1) is 11.8 Å².